The molecule has 0 atom stereocenters. The van der Waals surface area contributed by atoms with Gasteiger partial charge in [-0.1, -0.05) is 6.07 Å². The number of phenols is 1. The molecular weight excluding hydrogens is 414 g/mol. The van der Waals surface area contributed by atoms with Crippen molar-refractivity contribution in [1.82, 2.24) is 25.3 Å². The predicted molar refractivity (Wildman–Crippen MR) is 132 cm³/mol. The highest BCUT2D eigenvalue weighted by Gasteiger charge is 2.46. The number of likely N-dealkylation sites (tertiary alicyclic amines) is 1. The van der Waals surface area contributed by atoms with Crippen LogP contribution in [0, 0.1) is 0 Å². The lowest BCUT2D eigenvalue weighted by Crippen LogP contribution is -2.64. The molecule has 0 unspecified atom stereocenters. The molecule has 1 fully saturated rings. The zero-order valence-electron chi connectivity index (χ0n) is 20.2. The number of aromatic amines is 1. The minimum absolute atomic E-state index is 0.0376. The maximum atomic E-state index is 10.6. The quantitative estimate of drug-likeness (QED) is 0.527. The van der Waals surface area contributed by atoms with Crippen LogP contribution < -0.4 is 10.6 Å². The second-order valence-electron chi connectivity index (χ2n) is 10.2. The van der Waals surface area contributed by atoms with Crippen LogP contribution in [0.25, 0.3) is 22.4 Å². The largest absolute Gasteiger partial charge is 0.507 e. The molecule has 3 aromatic rings. The van der Waals surface area contributed by atoms with Crippen molar-refractivity contribution in [2.45, 2.75) is 57.7 Å². The summed E-state index contributed by atoms with van der Waals surface area (Å²) in [5, 5.41) is 26.3. The molecule has 0 aliphatic carbocycles. The number of benzene rings is 1. The van der Waals surface area contributed by atoms with E-state index in [0.29, 0.717) is 23.8 Å². The predicted octanol–water partition coefficient (Wildman–Crippen LogP) is 3.66. The first-order chi connectivity index (χ1) is 15.6. The molecule has 1 aliphatic rings. The Kier molecular flexibility index (Phi) is 6.16. The molecule has 8 heteroatoms. The number of hydrogen-bond donors (Lipinski definition) is 3. The fourth-order valence-electron chi connectivity index (χ4n) is 5.45. The minimum atomic E-state index is 0.0376. The normalized spacial score (nSPS) is 18.4. The number of nitrogens with two attached hydrogens (primary N) is 1. The highest BCUT2D eigenvalue weighted by atomic mass is 16.3. The summed E-state index contributed by atoms with van der Waals surface area (Å²) >= 11 is 0. The molecule has 4 rings (SSSR count). The molecule has 0 bridgehead atoms. The first-order valence-electron chi connectivity index (χ1n) is 11.5. The lowest BCUT2D eigenvalue weighted by molar-refractivity contribution is -0.0326. The summed E-state index contributed by atoms with van der Waals surface area (Å²) in [6, 6.07) is 9.78. The van der Waals surface area contributed by atoms with Crippen molar-refractivity contribution in [3.05, 3.63) is 42.7 Å². The standard InChI is InChI=1S/C25H35N7O/c1-24(2)13-19(14-25(3,4)32(24)11-10-26)31(5)23-9-8-21(29-30-23)20-7-6-17(12-22(20)33)18-15-27-28-16-18/h6-9,12,15-16,19,33H,10-11,13-14,26H2,1-5H3,(H,27,28). The van der Waals surface area contributed by atoms with Crippen LogP contribution in [0.4, 0.5) is 5.82 Å². The number of phenolic OH excluding ortho intramolecular Hbond substituents is 1. The van der Waals surface area contributed by atoms with Crippen LogP contribution in [0.15, 0.2) is 42.7 Å². The third-order valence-corrected chi connectivity index (χ3v) is 6.95. The topological polar surface area (TPSA) is 107 Å². The first-order valence-corrected chi connectivity index (χ1v) is 11.5. The molecule has 176 valence electrons. The van der Waals surface area contributed by atoms with Crippen molar-refractivity contribution in [1.29, 1.82) is 0 Å². The Bertz CT molecular complexity index is 1060. The number of aromatic nitrogens is 4. The lowest BCUT2D eigenvalue weighted by Gasteiger charge is -2.56. The molecule has 1 aliphatic heterocycles. The van der Waals surface area contributed by atoms with Crippen molar-refractivity contribution in [3.8, 4) is 28.1 Å². The summed E-state index contributed by atoms with van der Waals surface area (Å²) < 4.78 is 0. The van der Waals surface area contributed by atoms with Gasteiger partial charge >= 0.3 is 0 Å². The number of rotatable bonds is 6. The van der Waals surface area contributed by atoms with E-state index in [4.69, 9.17) is 5.73 Å². The summed E-state index contributed by atoms with van der Waals surface area (Å²) in [6.45, 7) is 10.8. The average molecular weight is 450 g/mol. The van der Waals surface area contributed by atoms with E-state index in [1.54, 1.807) is 18.5 Å². The number of anilines is 1. The highest BCUT2D eigenvalue weighted by Crippen LogP contribution is 2.40. The summed E-state index contributed by atoms with van der Waals surface area (Å²) in [5.74, 6) is 0.997. The average Bonchev–Trinajstić information content (AvgIpc) is 3.30. The SMILES string of the molecule is CN(c1ccc(-c2ccc(-c3cn[nH]c3)cc2O)nn1)C1CC(C)(C)N(CCN)C(C)(C)C1. The van der Waals surface area contributed by atoms with Crippen molar-refractivity contribution >= 4 is 5.82 Å². The maximum absolute atomic E-state index is 10.6. The number of hydrogen-bond acceptors (Lipinski definition) is 7. The molecule has 0 amide bonds. The summed E-state index contributed by atoms with van der Waals surface area (Å²) in [5.41, 5.74) is 9.08. The summed E-state index contributed by atoms with van der Waals surface area (Å²) in [7, 11) is 2.09. The van der Waals surface area contributed by atoms with E-state index >= 15 is 0 Å². The van der Waals surface area contributed by atoms with Gasteiger partial charge in [-0.05, 0) is 70.4 Å². The van der Waals surface area contributed by atoms with E-state index in [-0.39, 0.29) is 16.8 Å². The van der Waals surface area contributed by atoms with E-state index in [1.807, 2.05) is 24.3 Å². The molecule has 4 N–H and O–H groups in total. The molecular formula is C25H35N7O. The van der Waals surface area contributed by atoms with Gasteiger partial charge in [0, 0.05) is 54.6 Å². The summed E-state index contributed by atoms with van der Waals surface area (Å²) in [4.78, 5) is 4.77. The second kappa shape index (κ2) is 8.76. The molecule has 33 heavy (non-hydrogen) atoms. The van der Waals surface area contributed by atoms with E-state index in [9.17, 15) is 5.11 Å². The van der Waals surface area contributed by atoms with Crippen LogP contribution >= 0.6 is 0 Å². The number of piperidine rings is 1. The minimum Gasteiger partial charge on any atom is -0.507 e. The van der Waals surface area contributed by atoms with Gasteiger partial charge in [0.1, 0.15) is 5.75 Å². The van der Waals surface area contributed by atoms with Gasteiger partial charge in [0.2, 0.25) is 0 Å². The zero-order valence-corrected chi connectivity index (χ0v) is 20.2. The number of nitrogens with zero attached hydrogens (tertiary/aromatic N) is 5. The number of nitrogens with one attached hydrogen (secondary N) is 1. The monoisotopic (exact) mass is 449 g/mol. The zero-order chi connectivity index (χ0) is 23.8. The van der Waals surface area contributed by atoms with Crippen LogP contribution in [0.5, 0.6) is 5.75 Å². The van der Waals surface area contributed by atoms with E-state index in [0.717, 1.165) is 36.3 Å². The Morgan fingerprint density at radius 1 is 1.09 bits per heavy atom. The van der Waals surface area contributed by atoms with E-state index in [1.165, 1.54) is 0 Å². The molecule has 1 aromatic carbocycles. The molecule has 0 saturated carbocycles. The molecule has 0 spiro atoms. The maximum Gasteiger partial charge on any atom is 0.151 e. The van der Waals surface area contributed by atoms with Crippen molar-refractivity contribution in [2.24, 2.45) is 5.73 Å². The number of H-pyrrole nitrogens is 1. The van der Waals surface area contributed by atoms with Crippen LogP contribution in [0.1, 0.15) is 40.5 Å². The third kappa shape index (κ3) is 4.58. The number of aromatic hydroxyl groups is 1. The first kappa shape index (κ1) is 23.2. The van der Waals surface area contributed by atoms with Crippen LogP contribution in [0.3, 0.4) is 0 Å². The van der Waals surface area contributed by atoms with Crippen LogP contribution in [0.2, 0.25) is 0 Å². The van der Waals surface area contributed by atoms with E-state index < -0.39 is 0 Å². The van der Waals surface area contributed by atoms with Crippen molar-refractivity contribution in [2.75, 3.05) is 25.0 Å². The van der Waals surface area contributed by atoms with Crippen molar-refractivity contribution in [3.63, 3.8) is 0 Å². The fraction of sp³-hybridized carbons (Fsp3) is 0.480. The Labute approximate surface area is 195 Å². The Morgan fingerprint density at radius 2 is 1.82 bits per heavy atom. The van der Waals surface area contributed by atoms with Gasteiger partial charge in [-0.2, -0.15) is 5.10 Å². The Hall–Kier alpha value is -2.97. The van der Waals surface area contributed by atoms with E-state index in [2.05, 4.69) is 64.9 Å². The smallest absolute Gasteiger partial charge is 0.151 e. The van der Waals surface area contributed by atoms with Gasteiger partial charge < -0.3 is 15.7 Å². The van der Waals surface area contributed by atoms with Gasteiger partial charge in [0.15, 0.2) is 5.82 Å². The highest BCUT2D eigenvalue weighted by molar-refractivity contribution is 5.73. The second-order valence-corrected chi connectivity index (χ2v) is 10.2. The van der Waals surface area contributed by atoms with Crippen molar-refractivity contribution < 1.29 is 5.11 Å². The van der Waals surface area contributed by atoms with Gasteiger partial charge in [0.25, 0.3) is 0 Å². The van der Waals surface area contributed by atoms with Gasteiger partial charge in [-0.15, -0.1) is 10.2 Å². The Morgan fingerprint density at radius 3 is 2.36 bits per heavy atom. The van der Waals surface area contributed by atoms with Gasteiger partial charge in [0.05, 0.1) is 11.9 Å². The fourth-order valence-corrected chi connectivity index (χ4v) is 5.45. The van der Waals surface area contributed by atoms with Gasteiger partial charge in [-0.25, -0.2) is 0 Å². The van der Waals surface area contributed by atoms with Crippen LogP contribution in [-0.2, 0) is 0 Å². The molecule has 0 radical (unpaired) electrons. The molecule has 3 heterocycles. The Balaban J connectivity index is 1.53. The molecule has 8 nitrogen and oxygen atoms in total. The third-order valence-electron chi connectivity index (χ3n) is 6.95. The van der Waals surface area contributed by atoms with Gasteiger partial charge in [-0.3, -0.25) is 10.00 Å². The molecule has 1 saturated heterocycles. The lowest BCUT2D eigenvalue weighted by atomic mass is 9.76. The summed E-state index contributed by atoms with van der Waals surface area (Å²) in [6.07, 6.45) is 5.56. The molecule has 2 aromatic heterocycles. The van der Waals surface area contributed by atoms with Crippen LogP contribution in [-0.4, -0.2) is 67.7 Å².